The highest BCUT2D eigenvalue weighted by molar-refractivity contribution is 7.91. The van der Waals surface area contributed by atoms with Gasteiger partial charge < -0.3 is 40.3 Å². The van der Waals surface area contributed by atoms with Gasteiger partial charge in [-0.3, -0.25) is 0 Å². The molecule has 1 fully saturated rings. The number of aliphatic hydroxyl groups excluding tert-OH is 1. The number of methoxy groups -OCH3 is 2. The summed E-state index contributed by atoms with van der Waals surface area (Å²) in [6.45, 7) is -2.17. The predicted octanol–water partition coefficient (Wildman–Crippen LogP) is 3.71. The molecule has 22 heteroatoms. The van der Waals surface area contributed by atoms with Gasteiger partial charge in [0, 0.05) is 56.4 Å². The molecule has 0 aliphatic carbocycles. The highest BCUT2D eigenvalue weighted by Gasteiger charge is 2.31. The zero-order valence-corrected chi connectivity index (χ0v) is 36.4. The Labute approximate surface area is 353 Å². The summed E-state index contributed by atoms with van der Waals surface area (Å²) >= 11 is 0. The minimum atomic E-state index is -4.65. The molecule has 0 atom stereocenters. The van der Waals surface area contributed by atoms with E-state index < -0.39 is 42.6 Å². The lowest BCUT2D eigenvalue weighted by Crippen LogP contribution is -2.32. The molecule has 0 radical (unpaired) electrons. The van der Waals surface area contributed by atoms with Crippen molar-refractivity contribution in [3.05, 3.63) is 65.9 Å². The molecule has 5 N–H and O–H groups in total. The number of hydrogen-bond donors (Lipinski definition) is 4. The normalized spacial score (nSPS) is 14.9. The Kier molecular flexibility index (Phi) is 15.1. The maximum atomic E-state index is 14.2. The number of fused-ring (bicyclic) bond motifs is 1. The Morgan fingerprint density at radius 1 is 0.902 bits per heavy atom. The van der Waals surface area contributed by atoms with Gasteiger partial charge in [0.25, 0.3) is 0 Å². The molecule has 1 aliphatic rings. The summed E-state index contributed by atoms with van der Waals surface area (Å²) in [5, 5.41) is 15.9. The topological polar surface area (TPSA) is 212 Å². The van der Waals surface area contributed by atoms with Gasteiger partial charge >= 0.3 is 6.18 Å². The van der Waals surface area contributed by atoms with Crippen LogP contribution in [0.25, 0.3) is 10.9 Å². The number of benzene rings is 3. The second-order valence-corrected chi connectivity index (χ2v) is 20.6. The summed E-state index contributed by atoms with van der Waals surface area (Å²) in [6, 6.07) is 12.7. The van der Waals surface area contributed by atoms with E-state index in [0.717, 1.165) is 13.2 Å². The van der Waals surface area contributed by atoms with Crippen molar-refractivity contribution < 1.29 is 57.7 Å². The van der Waals surface area contributed by atoms with Crippen LogP contribution in [0.15, 0.2) is 64.4 Å². The molecule has 0 amide bonds. The van der Waals surface area contributed by atoms with Crippen LogP contribution in [0.3, 0.4) is 0 Å². The van der Waals surface area contributed by atoms with E-state index in [1.54, 1.807) is 12.1 Å². The van der Waals surface area contributed by atoms with E-state index in [1.165, 1.54) is 70.8 Å². The summed E-state index contributed by atoms with van der Waals surface area (Å²) < 4.78 is 138. The average Bonchev–Trinajstić information content (AvgIpc) is 3.54. The fourth-order valence-electron chi connectivity index (χ4n) is 6.55. The Hall–Kier alpha value is -4.76. The number of anilines is 3. The van der Waals surface area contributed by atoms with Crippen molar-refractivity contribution in [1.82, 2.24) is 13.2 Å². The molecule has 0 saturated carbocycles. The molecular formula is C39H49F3N6O10S3. The summed E-state index contributed by atoms with van der Waals surface area (Å²) in [5.41, 5.74) is 7.61. The molecule has 16 nitrogen and oxygen atoms in total. The molecule has 0 spiro atoms. The van der Waals surface area contributed by atoms with Crippen molar-refractivity contribution in [2.45, 2.75) is 48.0 Å². The van der Waals surface area contributed by atoms with Gasteiger partial charge in [-0.15, -0.1) is 0 Å². The lowest BCUT2D eigenvalue weighted by Gasteiger charge is -2.25. The van der Waals surface area contributed by atoms with Crippen LogP contribution in [-0.2, 0) is 47.8 Å². The van der Waals surface area contributed by atoms with Gasteiger partial charge in [0.15, 0.2) is 0 Å². The van der Waals surface area contributed by atoms with Crippen molar-refractivity contribution in [3.63, 3.8) is 0 Å². The predicted molar refractivity (Wildman–Crippen MR) is 225 cm³/mol. The van der Waals surface area contributed by atoms with Gasteiger partial charge in [-0.1, -0.05) is 5.92 Å². The Morgan fingerprint density at radius 3 is 2.15 bits per heavy atom. The number of sulfonamides is 2. The van der Waals surface area contributed by atoms with Crippen LogP contribution in [-0.4, -0.2) is 128 Å². The standard InChI is InChI=1S/C39H49F3N6O10S3/c1-46(14-16-49)60(52,53)31-8-10-34(38(24-31)57-4)44-13-5-6-29-22-32-35(45-28-11-18-59(50,51)19-12-28)20-27(21-36(32)48(29)26-39(40,41)42)25-58-17-15-47(2)61(54,55)30-7-9-33(43)37(23-30)56-3/h7-10,20-24,28,44-45,49H,11-19,25-26,43H2,1-4H3. The van der Waals surface area contributed by atoms with Gasteiger partial charge in [0.2, 0.25) is 20.0 Å². The number of rotatable bonds is 18. The quantitative estimate of drug-likeness (QED) is 0.0638. The van der Waals surface area contributed by atoms with Crippen molar-refractivity contribution in [2.24, 2.45) is 0 Å². The molecule has 4 aromatic rings. The second kappa shape index (κ2) is 19.5. The first kappa shape index (κ1) is 47.3. The molecule has 1 aliphatic heterocycles. The fourth-order valence-corrected chi connectivity index (χ4v) is 10.4. The zero-order valence-electron chi connectivity index (χ0n) is 34.0. The second-order valence-electron chi connectivity index (χ2n) is 14.2. The van der Waals surface area contributed by atoms with Crippen molar-refractivity contribution in [1.29, 1.82) is 0 Å². The van der Waals surface area contributed by atoms with E-state index in [9.17, 15) is 43.5 Å². The number of nitrogens with zero attached hydrogens (tertiary/aromatic N) is 3. The molecule has 1 aromatic heterocycles. The summed E-state index contributed by atoms with van der Waals surface area (Å²) in [7, 11) is -5.67. The number of nitrogen functional groups attached to an aromatic ring is 1. The smallest absolute Gasteiger partial charge is 0.406 e. The number of sulfone groups is 1. The lowest BCUT2D eigenvalue weighted by atomic mass is 10.1. The van der Waals surface area contributed by atoms with Gasteiger partial charge in [-0.2, -0.15) is 21.8 Å². The van der Waals surface area contributed by atoms with Gasteiger partial charge in [-0.25, -0.2) is 25.3 Å². The molecule has 0 unspecified atom stereocenters. The van der Waals surface area contributed by atoms with Crippen LogP contribution in [0.5, 0.6) is 11.5 Å². The first-order valence-corrected chi connectivity index (χ1v) is 23.5. The van der Waals surface area contributed by atoms with Crippen LogP contribution >= 0.6 is 0 Å². The van der Waals surface area contributed by atoms with E-state index in [1.807, 2.05) is 0 Å². The Balaban J connectivity index is 1.41. The van der Waals surface area contributed by atoms with Crippen molar-refractivity contribution >= 4 is 57.8 Å². The van der Waals surface area contributed by atoms with Gasteiger partial charge in [0.05, 0.1) is 84.5 Å². The number of likely N-dealkylation sites (N-methyl/N-ethyl adjacent to an activating group) is 2. The molecule has 5 rings (SSSR count). The molecule has 1 saturated heterocycles. The largest absolute Gasteiger partial charge is 0.495 e. The summed E-state index contributed by atoms with van der Waals surface area (Å²) in [6.07, 6.45) is -4.06. The molecule has 334 valence electrons. The SMILES string of the molecule is COc1cc(S(=O)(=O)N(C)CCOCc2cc(NC3CCS(=O)(=O)CC3)c3cc(C#CCNc4ccc(S(=O)(=O)N(C)CCO)cc4OC)n(CC(F)(F)F)c3c2)ccc1N. The first-order valence-electron chi connectivity index (χ1n) is 18.8. The highest BCUT2D eigenvalue weighted by atomic mass is 32.2. The van der Waals surface area contributed by atoms with Gasteiger partial charge in [0.1, 0.15) is 27.9 Å². The number of aliphatic hydroxyl groups is 1. The third kappa shape index (κ3) is 11.8. The highest BCUT2D eigenvalue weighted by Crippen LogP contribution is 2.34. The number of aromatic nitrogens is 1. The minimum absolute atomic E-state index is 0.0351. The molecule has 0 bridgehead atoms. The molecule has 61 heavy (non-hydrogen) atoms. The number of nitrogens with two attached hydrogens (primary N) is 1. The number of nitrogens with one attached hydrogen (secondary N) is 2. The molecular weight excluding hydrogens is 866 g/mol. The van der Waals surface area contributed by atoms with Crippen LogP contribution in [0, 0.1) is 11.8 Å². The summed E-state index contributed by atoms with van der Waals surface area (Å²) in [5.74, 6) is 5.95. The minimum Gasteiger partial charge on any atom is -0.495 e. The third-order valence-corrected chi connectivity index (χ3v) is 15.4. The summed E-state index contributed by atoms with van der Waals surface area (Å²) in [4.78, 5) is -0.114. The third-order valence-electron chi connectivity index (χ3n) is 9.94. The van der Waals surface area contributed by atoms with E-state index in [-0.39, 0.29) is 95.2 Å². The Bertz CT molecular complexity index is 2600. The monoisotopic (exact) mass is 914 g/mol. The number of ether oxygens (including phenoxy) is 3. The van der Waals surface area contributed by atoms with Crippen LogP contribution in [0.4, 0.5) is 30.2 Å². The van der Waals surface area contributed by atoms with Crippen molar-refractivity contribution in [3.8, 4) is 23.3 Å². The maximum Gasteiger partial charge on any atom is 0.406 e. The Morgan fingerprint density at radius 2 is 1.52 bits per heavy atom. The number of alkyl halides is 3. The van der Waals surface area contributed by atoms with E-state index in [4.69, 9.17) is 19.9 Å². The van der Waals surface area contributed by atoms with E-state index in [2.05, 4.69) is 22.5 Å². The average molecular weight is 915 g/mol. The zero-order chi connectivity index (χ0) is 44.8. The van der Waals surface area contributed by atoms with Crippen molar-refractivity contribution in [2.75, 3.05) is 89.0 Å². The van der Waals surface area contributed by atoms with Crippen LogP contribution in [0.1, 0.15) is 24.1 Å². The lowest BCUT2D eigenvalue weighted by molar-refractivity contribution is -0.140. The van der Waals surface area contributed by atoms with Crippen LogP contribution < -0.4 is 25.8 Å². The van der Waals surface area contributed by atoms with Gasteiger partial charge in [-0.05, 0) is 66.8 Å². The maximum absolute atomic E-state index is 14.2. The van der Waals surface area contributed by atoms with E-state index >= 15 is 0 Å². The fraction of sp³-hybridized carbons (Fsp3) is 0.436. The molecule has 3 aromatic carbocycles. The number of hydrogen-bond acceptors (Lipinski definition) is 13. The van der Waals surface area contributed by atoms with Crippen LogP contribution in [0.2, 0.25) is 0 Å². The number of halogens is 3. The first-order chi connectivity index (χ1) is 28.7. The molecule has 2 heterocycles. The van der Waals surface area contributed by atoms with E-state index in [0.29, 0.717) is 35.2 Å².